The van der Waals surface area contributed by atoms with Gasteiger partial charge in [0.2, 0.25) is 0 Å². The summed E-state index contributed by atoms with van der Waals surface area (Å²) in [5.41, 5.74) is 3.87. The Hall–Kier alpha value is -3.26. The lowest BCUT2D eigenvalue weighted by Crippen LogP contribution is -1.89. The minimum atomic E-state index is 1.28. The maximum absolute atomic E-state index is 2.35. The number of nitrogens with zero attached hydrogens (tertiary/aromatic N) is 2. The zero-order chi connectivity index (χ0) is 18.3. The fourth-order valence-electron chi connectivity index (χ4n) is 4.61. The molecule has 0 fully saturated rings. The van der Waals surface area contributed by atoms with Crippen LogP contribution in [0.5, 0.6) is 0 Å². The Balaban J connectivity index is 1.80. The van der Waals surface area contributed by atoms with Crippen LogP contribution in [0.15, 0.2) is 66.9 Å². The third kappa shape index (κ3) is 1.90. The summed E-state index contributed by atoms with van der Waals surface area (Å²) in [6.45, 7) is 2.17. The molecule has 27 heavy (non-hydrogen) atoms. The van der Waals surface area contributed by atoms with Crippen LogP contribution in [0.2, 0.25) is 0 Å². The highest BCUT2D eigenvalue weighted by molar-refractivity contribution is 6.20. The molecule has 0 amide bonds. The second-order valence-electron chi connectivity index (χ2n) is 7.76. The Morgan fingerprint density at radius 1 is 0.556 bits per heavy atom. The normalized spacial score (nSPS) is 12.3. The summed E-state index contributed by atoms with van der Waals surface area (Å²) in [5, 5.41) is 10.5. The van der Waals surface area contributed by atoms with Gasteiger partial charge in [0.25, 0.3) is 0 Å². The lowest BCUT2D eigenvalue weighted by Gasteiger charge is -2.10. The van der Waals surface area contributed by atoms with Crippen LogP contribution in [0.1, 0.15) is 5.69 Å². The highest BCUT2D eigenvalue weighted by Gasteiger charge is 2.10. The van der Waals surface area contributed by atoms with Gasteiger partial charge in [0.15, 0.2) is 0 Å². The molecule has 2 aromatic heterocycles. The zero-order valence-corrected chi connectivity index (χ0v) is 15.7. The smallest absolute Gasteiger partial charge is 0.0486 e. The lowest BCUT2D eigenvalue weighted by atomic mass is 9.95. The molecule has 2 heterocycles. The van der Waals surface area contributed by atoms with Crippen molar-refractivity contribution in [3.63, 3.8) is 0 Å². The average Bonchev–Trinajstić information content (AvgIpc) is 3.17. The zero-order valence-electron chi connectivity index (χ0n) is 15.7. The van der Waals surface area contributed by atoms with Gasteiger partial charge < -0.3 is 9.13 Å². The molecule has 0 aliphatic carbocycles. The van der Waals surface area contributed by atoms with E-state index in [1.807, 2.05) is 0 Å². The average molecular weight is 348 g/mol. The highest BCUT2D eigenvalue weighted by atomic mass is 14.9. The SMILES string of the molecule is Cc1cc2cc3ccc4c5cc6c(ccn6C)cc5ccc4c3cc2n1C. The van der Waals surface area contributed by atoms with Crippen LogP contribution in [0.3, 0.4) is 0 Å². The van der Waals surface area contributed by atoms with Crippen molar-refractivity contribution in [2.24, 2.45) is 14.1 Å². The maximum Gasteiger partial charge on any atom is 0.0486 e. The summed E-state index contributed by atoms with van der Waals surface area (Å²) in [6, 6.07) is 22.9. The molecule has 0 aliphatic rings. The van der Waals surface area contributed by atoms with Crippen molar-refractivity contribution in [3.8, 4) is 0 Å². The van der Waals surface area contributed by atoms with Crippen LogP contribution in [0.4, 0.5) is 0 Å². The van der Waals surface area contributed by atoms with Crippen molar-refractivity contribution in [2.75, 3.05) is 0 Å². The monoisotopic (exact) mass is 348 g/mol. The molecule has 6 rings (SSSR count). The number of aromatic nitrogens is 2. The first kappa shape index (κ1) is 14.9. The topological polar surface area (TPSA) is 9.86 Å². The van der Waals surface area contributed by atoms with Crippen molar-refractivity contribution in [3.05, 3.63) is 72.6 Å². The van der Waals surface area contributed by atoms with Gasteiger partial charge in [-0.3, -0.25) is 0 Å². The van der Waals surface area contributed by atoms with Crippen LogP contribution in [0, 0.1) is 6.92 Å². The Morgan fingerprint density at radius 3 is 1.89 bits per heavy atom. The molecule has 0 unspecified atom stereocenters. The third-order valence-corrected chi connectivity index (χ3v) is 6.24. The third-order valence-electron chi connectivity index (χ3n) is 6.24. The number of aryl methyl sites for hydroxylation is 3. The fourth-order valence-corrected chi connectivity index (χ4v) is 4.61. The Bertz CT molecular complexity index is 1540. The van der Waals surface area contributed by atoms with Crippen LogP contribution >= 0.6 is 0 Å². The van der Waals surface area contributed by atoms with Gasteiger partial charge in [-0.2, -0.15) is 0 Å². The number of hydrogen-bond acceptors (Lipinski definition) is 0. The standard InChI is InChI=1S/C25H20N2/c1-15-10-19-12-17-5-7-20-21(23(17)14-25(19)27(15)3)6-4-16-11-18-8-9-26(2)24(18)13-22(16)20/h4-14H,1-3H3. The fraction of sp³-hybridized carbons (Fsp3) is 0.120. The van der Waals surface area contributed by atoms with Gasteiger partial charge in [-0.1, -0.05) is 24.3 Å². The Morgan fingerprint density at radius 2 is 1.19 bits per heavy atom. The van der Waals surface area contributed by atoms with Gasteiger partial charge in [0.1, 0.15) is 0 Å². The molecular formula is C25H20N2. The predicted molar refractivity (Wildman–Crippen MR) is 117 cm³/mol. The van der Waals surface area contributed by atoms with E-state index in [2.05, 4.69) is 97.0 Å². The van der Waals surface area contributed by atoms with E-state index in [9.17, 15) is 0 Å². The largest absolute Gasteiger partial charge is 0.351 e. The van der Waals surface area contributed by atoms with Gasteiger partial charge in [-0.15, -0.1) is 0 Å². The summed E-state index contributed by atoms with van der Waals surface area (Å²) in [5.74, 6) is 0. The molecule has 0 spiro atoms. The molecule has 0 radical (unpaired) electrons. The molecule has 0 N–H and O–H groups in total. The molecular weight excluding hydrogens is 328 g/mol. The van der Waals surface area contributed by atoms with Gasteiger partial charge in [0.05, 0.1) is 0 Å². The lowest BCUT2D eigenvalue weighted by molar-refractivity contribution is 0.919. The van der Waals surface area contributed by atoms with Gasteiger partial charge >= 0.3 is 0 Å². The van der Waals surface area contributed by atoms with Gasteiger partial charge in [-0.05, 0) is 75.6 Å². The molecule has 0 atom stereocenters. The molecule has 0 saturated carbocycles. The van der Waals surface area contributed by atoms with E-state index in [1.165, 1.54) is 59.8 Å². The van der Waals surface area contributed by atoms with E-state index < -0.39 is 0 Å². The summed E-state index contributed by atoms with van der Waals surface area (Å²) in [4.78, 5) is 0. The first-order valence-electron chi connectivity index (χ1n) is 9.40. The van der Waals surface area contributed by atoms with Gasteiger partial charge in [-0.25, -0.2) is 0 Å². The summed E-state index contributed by atoms with van der Waals surface area (Å²) in [7, 11) is 4.26. The Labute approximate surface area is 157 Å². The van der Waals surface area contributed by atoms with Crippen molar-refractivity contribution >= 4 is 54.1 Å². The van der Waals surface area contributed by atoms with Crippen LogP contribution in [-0.4, -0.2) is 9.13 Å². The van der Waals surface area contributed by atoms with Crippen molar-refractivity contribution in [1.82, 2.24) is 9.13 Å². The molecule has 0 saturated heterocycles. The quantitative estimate of drug-likeness (QED) is 0.280. The van der Waals surface area contributed by atoms with Crippen LogP contribution in [-0.2, 0) is 14.1 Å². The summed E-state index contributed by atoms with van der Waals surface area (Å²) >= 11 is 0. The van der Waals surface area contributed by atoms with E-state index >= 15 is 0 Å². The van der Waals surface area contributed by atoms with E-state index in [1.54, 1.807) is 0 Å². The van der Waals surface area contributed by atoms with Crippen molar-refractivity contribution in [2.45, 2.75) is 6.92 Å². The van der Waals surface area contributed by atoms with Crippen molar-refractivity contribution in [1.29, 1.82) is 0 Å². The molecule has 2 heteroatoms. The van der Waals surface area contributed by atoms with E-state index in [-0.39, 0.29) is 0 Å². The summed E-state index contributed by atoms with van der Waals surface area (Å²) < 4.78 is 4.48. The minimum absolute atomic E-state index is 1.28. The van der Waals surface area contributed by atoms with Crippen LogP contribution < -0.4 is 0 Å². The number of hydrogen-bond donors (Lipinski definition) is 0. The highest BCUT2D eigenvalue weighted by Crippen LogP contribution is 2.35. The molecule has 2 nitrogen and oxygen atoms in total. The second kappa shape index (κ2) is 4.92. The maximum atomic E-state index is 2.35. The molecule has 0 bridgehead atoms. The van der Waals surface area contributed by atoms with Crippen molar-refractivity contribution < 1.29 is 0 Å². The number of benzene rings is 4. The number of rotatable bonds is 0. The first-order chi connectivity index (χ1) is 13.1. The second-order valence-corrected chi connectivity index (χ2v) is 7.76. The van der Waals surface area contributed by atoms with E-state index in [0.717, 1.165) is 0 Å². The van der Waals surface area contributed by atoms with Gasteiger partial charge in [0, 0.05) is 47.8 Å². The Kier molecular flexibility index (Phi) is 2.71. The molecule has 4 aromatic carbocycles. The molecule has 130 valence electrons. The predicted octanol–water partition coefficient (Wildman–Crippen LogP) is 6.44. The minimum Gasteiger partial charge on any atom is -0.351 e. The van der Waals surface area contributed by atoms with E-state index in [0.29, 0.717) is 0 Å². The molecule has 6 aromatic rings. The first-order valence-corrected chi connectivity index (χ1v) is 9.40. The summed E-state index contributed by atoms with van der Waals surface area (Å²) in [6.07, 6.45) is 2.13. The van der Waals surface area contributed by atoms with E-state index in [4.69, 9.17) is 0 Å². The number of fused-ring (bicyclic) bond motifs is 7. The van der Waals surface area contributed by atoms with Crippen LogP contribution in [0.25, 0.3) is 54.1 Å². The molecule has 0 aliphatic heterocycles.